The van der Waals surface area contributed by atoms with Gasteiger partial charge in [-0.25, -0.2) is 10.4 Å². The molecule has 0 N–H and O–H groups in total. The van der Waals surface area contributed by atoms with Crippen LogP contribution < -0.4 is 4.57 Å². The largest absolute Gasteiger partial charge is 0.762 e. The molecule has 2 heterocycles. The van der Waals surface area contributed by atoms with Crippen LogP contribution in [0.5, 0.6) is 0 Å². The first-order valence-corrected chi connectivity index (χ1v) is 4.92. The van der Waals surface area contributed by atoms with Crippen molar-refractivity contribution in [1.29, 1.82) is 5.26 Å². The molecule has 0 fully saturated rings. The fourth-order valence-electron chi connectivity index (χ4n) is 1.85. The average molecular weight is 241 g/mol. The molecule has 0 unspecified atom stereocenters. The van der Waals surface area contributed by atoms with Crippen LogP contribution in [0.25, 0.3) is 16.6 Å². The summed E-state index contributed by atoms with van der Waals surface area (Å²) in [5.74, 6) is 1.40. The fourth-order valence-corrected chi connectivity index (χ4v) is 1.85. The molecule has 0 aliphatic carbocycles. The quantitative estimate of drug-likeness (QED) is 0.256. The van der Waals surface area contributed by atoms with Gasteiger partial charge in [-0.2, -0.15) is 9.66 Å². The summed E-state index contributed by atoms with van der Waals surface area (Å²) in [5, 5.41) is 28.9. The van der Waals surface area contributed by atoms with Gasteiger partial charge in [-0.05, 0) is 11.0 Å². The topological polar surface area (TPSA) is 97.5 Å². The number of aryl methyl sites for hydroxylation is 1. The van der Waals surface area contributed by atoms with Crippen molar-refractivity contribution in [1.82, 2.24) is 4.40 Å². The highest BCUT2D eigenvalue weighted by Crippen LogP contribution is 2.23. The van der Waals surface area contributed by atoms with Gasteiger partial charge in [0.2, 0.25) is 5.69 Å². The standard InChI is InChI=1S/C11H7N5O2/c1-14-9-4-2-3-5-15(9)11(16(17)18)10(14)8(6-12)7-13/h2-5H,1H3. The normalized spacial score (nSPS) is 9.78. The van der Waals surface area contributed by atoms with Gasteiger partial charge >= 0.3 is 5.82 Å². The number of rotatable bonds is 2. The summed E-state index contributed by atoms with van der Waals surface area (Å²) in [6.07, 6.45) is 1.52. The Hall–Kier alpha value is -2.97. The van der Waals surface area contributed by atoms with Crippen molar-refractivity contribution in [3.05, 3.63) is 45.6 Å². The molecule has 7 heteroatoms. The van der Waals surface area contributed by atoms with Crippen molar-refractivity contribution in [2.75, 3.05) is 0 Å². The molecule has 0 saturated heterocycles. The van der Waals surface area contributed by atoms with Gasteiger partial charge in [0.1, 0.15) is 17.8 Å². The Kier molecular flexibility index (Phi) is 2.64. The van der Waals surface area contributed by atoms with Gasteiger partial charge in [-0.1, -0.05) is 6.07 Å². The number of aromatic nitrogens is 2. The molecule has 0 aromatic carbocycles. The van der Waals surface area contributed by atoms with E-state index in [9.17, 15) is 10.1 Å². The molecule has 2 aromatic rings. The summed E-state index contributed by atoms with van der Waals surface area (Å²) in [5.41, 5.74) is 0.256. The van der Waals surface area contributed by atoms with E-state index in [1.54, 1.807) is 37.2 Å². The Morgan fingerprint density at radius 3 is 2.89 bits per heavy atom. The molecular formula is C11H7N5O2. The highest BCUT2D eigenvalue weighted by atomic mass is 16.6. The van der Waals surface area contributed by atoms with E-state index in [1.807, 2.05) is 0 Å². The fraction of sp³-hybridized carbons (Fsp3) is 0.0909. The molecule has 0 bridgehead atoms. The Morgan fingerprint density at radius 1 is 1.61 bits per heavy atom. The van der Waals surface area contributed by atoms with Crippen LogP contribution in [0, 0.1) is 21.4 Å². The van der Waals surface area contributed by atoms with E-state index in [-0.39, 0.29) is 17.1 Å². The van der Waals surface area contributed by atoms with Gasteiger partial charge in [0.15, 0.2) is 0 Å². The lowest BCUT2D eigenvalue weighted by atomic mass is 10.2. The number of nitrogens with zero attached hydrogens (tertiary/aromatic N) is 5. The third-order valence-electron chi connectivity index (χ3n) is 2.59. The number of imidazole rings is 1. The van der Waals surface area contributed by atoms with Crippen molar-refractivity contribution < 1.29 is 9.49 Å². The van der Waals surface area contributed by atoms with Crippen molar-refractivity contribution in [3.63, 3.8) is 0 Å². The van der Waals surface area contributed by atoms with Crippen LogP contribution in [0.3, 0.4) is 0 Å². The minimum atomic E-state index is -0.600. The van der Waals surface area contributed by atoms with E-state index >= 15 is 0 Å². The molecule has 18 heavy (non-hydrogen) atoms. The van der Waals surface area contributed by atoms with Gasteiger partial charge in [0, 0.05) is 6.07 Å². The minimum absolute atomic E-state index is 0.0104. The van der Waals surface area contributed by atoms with Gasteiger partial charge in [0.25, 0.3) is 5.65 Å². The molecule has 0 aliphatic heterocycles. The van der Waals surface area contributed by atoms with Gasteiger partial charge in [-0.15, -0.1) is 0 Å². The maximum atomic E-state index is 11.1. The molecule has 0 spiro atoms. The Balaban J connectivity index is 3.01. The molecule has 88 valence electrons. The molecule has 0 amide bonds. The monoisotopic (exact) mass is 241 g/mol. The zero-order chi connectivity index (χ0) is 13.3. The van der Waals surface area contributed by atoms with Gasteiger partial charge in [0.05, 0.1) is 7.05 Å². The van der Waals surface area contributed by atoms with E-state index in [4.69, 9.17) is 10.7 Å². The highest BCUT2D eigenvalue weighted by Gasteiger charge is 2.30. The smallest absolute Gasteiger partial charge is 0.380 e. The van der Waals surface area contributed by atoms with Gasteiger partial charge in [-0.3, -0.25) is 0 Å². The molecule has 0 radical (unpaired) electrons. The van der Waals surface area contributed by atoms with Crippen LogP contribution >= 0.6 is 0 Å². The predicted octanol–water partition coefficient (Wildman–Crippen LogP) is 0.818. The Morgan fingerprint density at radius 2 is 2.33 bits per heavy atom. The summed E-state index contributed by atoms with van der Waals surface area (Å²) in [6.45, 7) is 0. The first kappa shape index (κ1) is 11.5. The molecule has 2 rings (SSSR count). The number of allylic oxidation sites excluding steroid dienone is 1. The number of hydrogen-bond donors (Lipinski definition) is 0. The zero-order valence-electron chi connectivity index (χ0n) is 9.36. The van der Waals surface area contributed by atoms with E-state index < -0.39 is 4.92 Å². The number of hydrogen-bond acceptors (Lipinski definition) is 3. The second-order valence-corrected chi connectivity index (χ2v) is 3.52. The van der Waals surface area contributed by atoms with Crippen molar-refractivity contribution in [3.8, 4) is 6.07 Å². The van der Waals surface area contributed by atoms with Gasteiger partial charge < -0.3 is 15.5 Å². The van der Waals surface area contributed by atoms with E-state index in [0.29, 0.717) is 5.65 Å². The predicted molar refractivity (Wildman–Crippen MR) is 62.6 cm³/mol. The number of pyridine rings is 1. The van der Waals surface area contributed by atoms with E-state index in [2.05, 4.69) is 0 Å². The van der Waals surface area contributed by atoms with Crippen LogP contribution in [0.15, 0.2) is 24.4 Å². The maximum absolute atomic E-state index is 11.1. The molecular weight excluding hydrogens is 234 g/mol. The third-order valence-corrected chi connectivity index (χ3v) is 2.59. The van der Waals surface area contributed by atoms with E-state index in [1.165, 1.54) is 15.2 Å². The van der Waals surface area contributed by atoms with Crippen LogP contribution in [0.1, 0.15) is 5.69 Å². The van der Waals surface area contributed by atoms with Crippen molar-refractivity contribution in [2.24, 2.45) is 7.05 Å². The van der Waals surface area contributed by atoms with Crippen LogP contribution in [-0.2, 0) is 7.05 Å². The number of fused-ring (bicyclic) bond motifs is 1. The molecule has 0 aliphatic rings. The first-order chi connectivity index (χ1) is 8.61. The average Bonchev–Trinajstić information content (AvgIpc) is 2.66. The third kappa shape index (κ3) is 1.45. The molecule has 7 nitrogen and oxygen atoms in total. The number of nitro groups is 1. The summed E-state index contributed by atoms with van der Waals surface area (Å²) >= 11 is 0. The second-order valence-electron chi connectivity index (χ2n) is 3.52. The summed E-state index contributed by atoms with van der Waals surface area (Å²) in [7, 11) is 1.58. The van der Waals surface area contributed by atoms with Crippen LogP contribution in [0.4, 0.5) is 5.82 Å². The van der Waals surface area contributed by atoms with Crippen molar-refractivity contribution >= 4 is 22.9 Å². The second kappa shape index (κ2) is 4.13. The zero-order valence-corrected chi connectivity index (χ0v) is 9.36. The maximum Gasteiger partial charge on any atom is 0.380 e. The molecule has 2 aromatic heterocycles. The lowest BCUT2D eigenvalue weighted by molar-refractivity contribution is -0.648. The first-order valence-electron chi connectivity index (χ1n) is 4.92. The lowest BCUT2D eigenvalue weighted by Gasteiger charge is -1.95. The minimum Gasteiger partial charge on any atom is -0.762 e. The summed E-state index contributed by atoms with van der Waals surface area (Å²) in [6, 6.07) is 6.72. The summed E-state index contributed by atoms with van der Waals surface area (Å²) in [4.78, 5) is 10.5. The van der Waals surface area contributed by atoms with Crippen molar-refractivity contribution in [2.45, 2.75) is 0 Å². The lowest BCUT2D eigenvalue weighted by Crippen LogP contribution is -2.31. The van der Waals surface area contributed by atoms with Crippen LogP contribution in [-0.4, -0.2) is 15.2 Å². The Labute approximate surface area is 101 Å². The summed E-state index contributed by atoms with van der Waals surface area (Å²) < 4.78 is 2.80. The SMILES string of the molecule is C[n+]1c(C(=C=[N-])C#N)c([N+](=O)[O-])n2ccccc21. The van der Waals surface area contributed by atoms with E-state index in [0.717, 1.165) is 0 Å². The Bertz CT molecular complexity index is 747. The molecule has 0 atom stereocenters. The highest BCUT2D eigenvalue weighted by molar-refractivity contribution is 5.98. The molecule has 0 saturated carbocycles. The van der Waals surface area contributed by atoms with Crippen LogP contribution in [0.2, 0.25) is 0 Å². The number of nitriles is 1.